The van der Waals surface area contributed by atoms with E-state index in [1.807, 2.05) is 0 Å². The van der Waals surface area contributed by atoms with Crippen molar-refractivity contribution in [1.82, 2.24) is 0 Å². The van der Waals surface area contributed by atoms with Crippen molar-refractivity contribution in [2.45, 2.75) is 19.4 Å². The molecule has 0 spiro atoms. The van der Waals surface area contributed by atoms with E-state index in [4.69, 9.17) is 4.74 Å². The average molecular weight is 302 g/mol. The summed E-state index contributed by atoms with van der Waals surface area (Å²) in [6.45, 7) is 2.60. The van der Waals surface area contributed by atoms with Gasteiger partial charge in [-0.2, -0.15) is 8.42 Å². The summed E-state index contributed by atoms with van der Waals surface area (Å²) in [5.74, 6) is -0.200. The van der Waals surface area contributed by atoms with Crippen LogP contribution in [0.4, 0.5) is 0 Å². The van der Waals surface area contributed by atoms with Crippen LogP contribution in [0.15, 0.2) is 24.3 Å². The van der Waals surface area contributed by atoms with Crippen molar-refractivity contribution in [2.24, 2.45) is 0 Å². The molecule has 6 nitrogen and oxygen atoms in total. The van der Waals surface area contributed by atoms with E-state index in [2.05, 4.69) is 4.18 Å². The molecule has 0 unspecified atom stereocenters. The van der Waals surface area contributed by atoms with Crippen molar-refractivity contribution in [1.29, 1.82) is 0 Å². The van der Waals surface area contributed by atoms with Gasteiger partial charge < -0.3 is 9.84 Å². The number of ketones is 1. The van der Waals surface area contributed by atoms with Crippen LogP contribution in [-0.4, -0.2) is 44.4 Å². The molecular formula is C13H18O6S. The number of carbonyl (C=O) groups is 1. The highest BCUT2D eigenvalue weighted by molar-refractivity contribution is 7.85. The van der Waals surface area contributed by atoms with Crippen LogP contribution in [0.1, 0.15) is 24.2 Å². The lowest BCUT2D eigenvalue weighted by molar-refractivity contribution is 0.0483. The molecule has 0 amide bonds. The standard InChI is InChI=1S/C13H18O6S/c1-13(2,15)12(14)10-6-4-5-7-11(10)18-8-9-19-20(3,16)17/h4-7,15H,8-9H2,1-3H3. The Hall–Kier alpha value is -1.44. The SMILES string of the molecule is CC(C)(O)C(=O)c1ccccc1OCCOS(C)(=O)=O. The fourth-order valence-corrected chi connectivity index (χ4v) is 1.82. The summed E-state index contributed by atoms with van der Waals surface area (Å²) < 4.78 is 31.4. The first-order chi connectivity index (χ1) is 9.11. The largest absolute Gasteiger partial charge is 0.490 e. The zero-order valence-corrected chi connectivity index (χ0v) is 12.4. The Balaban J connectivity index is 2.74. The number of rotatable bonds is 7. The van der Waals surface area contributed by atoms with Crippen LogP contribution < -0.4 is 4.74 Å². The molecule has 1 aromatic rings. The van der Waals surface area contributed by atoms with Gasteiger partial charge in [0, 0.05) is 0 Å². The van der Waals surface area contributed by atoms with Crippen LogP contribution in [0.2, 0.25) is 0 Å². The molecule has 0 bridgehead atoms. The lowest BCUT2D eigenvalue weighted by Crippen LogP contribution is -2.31. The summed E-state index contributed by atoms with van der Waals surface area (Å²) in [6.07, 6.45) is 0.943. The van der Waals surface area contributed by atoms with E-state index in [9.17, 15) is 18.3 Å². The van der Waals surface area contributed by atoms with E-state index in [-0.39, 0.29) is 24.5 Å². The zero-order chi connectivity index (χ0) is 15.4. The number of carbonyl (C=O) groups excluding carboxylic acids is 1. The molecule has 20 heavy (non-hydrogen) atoms. The highest BCUT2D eigenvalue weighted by Gasteiger charge is 2.27. The number of hydrogen-bond acceptors (Lipinski definition) is 6. The first-order valence-electron chi connectivity index (χ1n) is 5.94. The summed E-state index contributed by atoms with van der Waals surface area (Å²) >= 11 is 0. The number of para-hydroxylation sites is 1. The van der Waals surface area contributed by atoms with E-state index >= 15 is 0 Å². The Labute approximate surface area is 118 Å². The molecule has 0 radical (unpaired) electrons. The number of aliphatic hydroxyl groups is 1. The second kappa shape index (κ2) is 6.34. The predicted octanol–water partition coefficient (Wildman–Crippen LogP) is 0.995. The van der Waals surface area contributed by atoms with Gasteiger partial charge in [0.15, 0.2) is 5.78 Å². The van der Waals surface area contributed by atoms with Crippen LogP contribution in [-0.2, 0) is 14.3 Å². The number of Topliss-reactive ketones (excluding diaryl/α,β-unsaturated/α-hetero) is 1. The molecule has 0 heterocycles. The minimum Gasteiger partial charge on any atom is -0.490 e. The van der Waals surface area contributed by atoms with Crippen LogP contribution in [0.25, 0.3) is 0 Å². The normalized spacial score (nSPS) is 12.2. The molecule has 0 saturated carbocycles. The van der Waals surface area contributed by atoms with Crippen LogP contribution in [0.5, 0.6) is 5.75 Å². The van der Waals surface area contributed by atoms with Gasteiger partial charge in [-0.05, 0) is 26.0 Å². The second-order valence-corrected chi connectivity index (χ2v) is 6.40. The molecule has 112 valence electrons. The smallest absolute Gasteiger partial charge is 0.264 e. The van der Waals surface area contributed by atoms with Crippen molar-refractivity contribution < 1.29 is 27.2 Å². The van der Waals surface area contributed by atoms with Gasteiger partial charge in [-0.3, -0.25) is 8.98 Å². The molecule has 0 aliphatic heterocycles. The minimum absolute atomic E-state index is 0.0246. The van der Waals surface area contributed by atoms with Gasteiger partial charge in [0.05, 0.1) is 11.8 Å². The highest BCUT2D eigenvalue weighted by Crippen LogP contribution is 2.23. The first kappa shape index (κ1) is 16.6. The molecule has 7 heteroatoms. The van der Waals surface area contributed by atoms with E-state index in [1.54, 1.807) is 18.2 Å². The topological polar surface area (TPSA) is 89.9 Å². The van der Waals surface area contributed by atoms with Crippen molar-refractivity contribution in [2.75, 3.05) is 19.5 Å². The number of hydrogen-bond donors (Lipinski definition) is 1. The van der Waals surface area contributed by atoms with Crippen LogP contribution >= 0.6 is 0 Å². The maximum absolute atomic E-state index is 12.0. The van der Waals surface area contributed by atoms with E-state index in [0.717, 1.165) is 6.26 Å². The molecular weight excluding hydrogens is 284 g/mol. The Morgan fingerprint density at radius 3 is 2.40 bits per heavy atom. The fourth-order valence-electron chi connectivity index (χ4n) is 1.45. The lowest BCUT2D eigenvalue weighted by atomic mass is 9.96. The van der Waals surface area contributed by atoms with Gasteiger partial charge in [0.25, 0.3) is 10.1 Å². The van der Waals surface area contributed by atoms with Crippen molar-refractivity contribution in [3.8, 4) is 5.75 Å². The third-order valence-electron chi connectivity index (χ3n) is 2.33. The summed E-state index contributed by atoms with van der Waals surface area (Å²) in [4.78, 5) is 12.0. The Kier molecular flexibility index (Phi) is 5.27. The van der Waals surface area contributed by atoms with Gasteiger partial charge >= 0.3 is 0 Å². The monoisotopic (exact) mass is 302 g/mol. The summed E-state index contributed by atoms with van der Waals surface area (Å²) in [5.41, 5.74) is -1.28. The summed E-state index contributed by atoms with van der Waals surface area (Å²) in [5, 5.41) is 9.73. The maximum atomic E-state index is 12.0. The average Bonchev–Trinajstić information content (AvgIpc) is 2.32. The minimum atomic E-state index is -3.52. The molecule has 0 saturated heterocycles. The first-order valence-corrected chi connectivity index (χ1v) is 7.76. The molecule has 1 N–H and O–H groups in total. The molecule has 0 aliphatic rings. The molecule has 1 rings (SSSR count). The maximum Gasteiger partial charge on any atom is 0.264 e. The second-order valence-electron chi connectivity index (χ2n) is 4.76. The van der Waals surface area contributed by atoms with Crippen molar-refractivity contribution >= 4 is 15.9 Å². The Morgan fingerprint density at radius 1 is 1.25 bits per heavy atom. The van der Waals surface area contributed by atoms with Crippen molar-refractivity contribution in [3.05, 3.63) is 29.8 Å². The van der Waals surface area contributed by atoms with E-state index < -0.39 is 21.5 Å². The van der Waals surface area contributed by atoms with Gasteiger partial charge in [0.1, 0.15) is 24.6 Å². The Morgan fingerprint density at radius 2 is 1.85 bits per heavy atom. The van der Waals surface area contributed by atoms with E-state index in [1.165, 1.54) is 19.9 Å². The quantitative estimate of drug-likeness (QED) is 0.459. The van der Waals surface area contributed by atoms with Crippen molar-refractivity contribution in [3.63, 3.8) is 0 Å². The molecule has 0 atom stereocenters. The molecule has 0 fully saturated rings. The lowest BCUT2D eigenvalue weighted by Gasteiger charge is -2.18. The molecule has 0 aliphatic carbocycles. The van der Waals surface area contributed by atoms with Gasteiger partial charge in [-0.25, -0.2) is 0 Å². The number of benzene rings is 1. The fraction of sp³-hybridized carbons (Fsp3) is 0.462. The molecule has 1 aromatic carbocycles. The summed E-state index contributed by atoms with van der Waals surface area (Å²) in [6, 6.07) is 6.43. The van der Waals surface area contributed by atoms with Crippen LogP contribution in [0.3, 0.4) is 0 Å². The van der Waals surface area contributed by atoms with E-state index in [0.29, 0.717) is 0 Å². The number of ether oxygens (including phenoxy) is 1. The molecule has 0 aromatic heterocycles. The predicted molar refractivity (Wildman–Crippen MR) is 73.4 cm³/mol. The summed E-state index contributed by atoms with van der Waals surface area (Å²) in [7, 11) is -3.52. The zero-order valence-electron chi connectivity index (χ0n) is 11.6. The van der Waals surface area contributed by atoms with Gasteiger partial charge in [-0.1, -0.05) is 12.1 Å². The van der Waals surface area contributed by atoms with Gasteiger partial charge in [-0.15, -0.1) is 0 Å². The van der Waals surface area contributed by atoms with Gasteiger partial charge in [0.2, 0.25) is 0 Å². The third-order valence-corrected chi connectivity index (χ3v) is 2.92. The Bertz CT molecular complexity index is 571. The third kappa shape index (κ3) is 5.28. The van der Waals surface area contributed by atoms with Crippen LogP contribution in [0, 0.1) is 0 Å². The highest BCUT2D eigenvalue weighted by atomic mass is 32.2.